The molecule has 0 aromatic heterocycles. The number of hydrogen-bond acceptors (Lipinski definition) is 2. The fourth-order valence-electron chi connectivity index (χ4n) is 7.30. The van der Waals surface area contributed by atoms with Gasteiger partial charge in [0.05, 0.1) is 6.10 Å². The van der Waals surface area contributed by atoms with Crippen LogP contribution in [-0.4, -0.2) is 20.2 Å². The number of fused-ring (bicyclic) bond motifs is 5. The lowest BCUT2D eigenvalue weighted by Crippen LogP contribution is -2.52. The molecule has 0 amide bonds. The smallest absolute Gasteiger partial charge is 0.192 e. The minimum absolute atomic E-state index is 0.285. The first kappa shape index (κ1) is 21.8. The molecule has 3 heteroatoms. The Hall–Kier alpha value is -0.413. The lowest BCUT2D eigenvalue weighted by atomic mass is 9.51. The SMILES string of the molecule is CCC1C[C@H]2C(=CC1=O)CCC1C2CC[C@]2(C)C(O[Si](C)(C)C(C)(C)C)CCC12. The number of hydrogen-bond donors (Lipinski definition) is 0. The number of carbonyl (C=O) groups is 1. The second-order valence-corrected chi connectivity index (χ2v) is 17.3. The average molecular weight is 417 g/mol. The monoisotopic (exact) mass is 416 g/mol. The van der Waals surface area contributed by atoms with E-state index in [1.807, 2.05) is 0 Å². The highest BCUT2D eigenvalue weighted by Crippen LogP contribution is 2.63. The molecule has 0 heterocycles. The van der Waals surface area contributed by atoms with Gasteiger partial charge in [0.2, 0.25) is 0 Å². The van der Waals surface area contributed by atoms with Crippen molar-refractivity contribution in [1.29, 1.82) is 0 Å². The third-order valence-electron chi connectivity index (χ3n) is 10.2. The number of ketones is 1. The van der Waals surface area contributed by atoms with Crippen LogP contribution in [0.25, 0.3) is 0 Å². The predicted molar refractivity (Wildman–Crippen MR) is 123 cm³/mol. The molecule has 4 aliphatic carbocycles. The summed E-state index contributed by atoms with van der Waals surface area (Å²) < 4.78 is 7.05. The van der Waals surface area contributed by atoms with Crippen LogP contribution in [-0.2, 0) is 9.22 Å². The van der Waals surface area contributed by atoms with E-state index >= 15 is 0 Å². The van der Waals surface area contributed by atoms with Crippen molar-refractivity contribution in [2.75, 3.05) is 0 Å². The fraction of sp³-hybridized carbons (Fsp3) is 0.885. The molecule has 4 aliphatic rings. The predicted octanol–water partition coefficient (Wildman–Crippen LogP) is 7.15. The molecule has 0 radical (unpaired) electrons. The summed E-state index contributed by atoms with van der Waals surface area (Å²) in [4.78, 5) is 12.4. The van der Waals surface area contributed by atoms with Gasteiger partial charge in [-0.15, -0.1) is 0 Å². The summed E-state index contributed by atoms with van der Waals surface area (Å²) in [5, 5.41) is 0.285. The molecular weight excluding hydrogens is 372 g/mol. The highest BCUT2D eigenvalue weighted by Gasteiger charge is 2.58. The zero-order valence-corrected chi connectivity index (χ0v) is 21.0. The highest BCUT2D eigenvalue weighted by atomic mass is 28.4. The Morgan fingerprint density at radius 1 is 1.14 bits per heavy atom. The molecule has 29 heavy (non-hydrogen) atoms. The minimum Gasteiger partial charge on any atom is -0.413 e. The van der Waals surface area contributed by atoms with Gasteiger partial charge in [-0.1, -0.05) is 40.2 Å². The van der Waals surface area contributed by atoms with Crippen molar-refractivity contribution >= 4 is 14.1 Å². The largest absolute Gasteiger partial charge is 0.413 e. The van der Waals surface area contributed by atoms with Gasteiger partial charge in [-0.2, -0.15) is 0 Å². The standard InChI is InChI=1S/C26H44O2Si/c1-8-17-15-21-18(16-23(17)27)9-10-20-19(21)13-14-26(5)22(20)11-12-24(26)28-29(6,7)25(2,3)4/h16-17,19-22,24H,8-15H2,1-7H3/t17?,19?,20?,21-,22?,24?,26-/m0/s1. The van der Waals surface area contributed by atoms with E-state index in [-0.39, 0.29) is 11.0 Å². The summed E-state index contributed by atoms with van der Waals surface area (Å²) in [7, 11) is -1.73. The lowest BCUT2D eigenvalue weighted by Gasteiger charge is -2.55. The fourth-order valence-corrected chi connectivity index (χ4v) is 8.75. The molecule has 0 aromatic carbocycles. The lowest BCUT2D eigenvalue weighted by molar-refractivity contribution is -0.120. The van der Waals surface area contributed by atoms with Gasteiger partial charge in [0.1, 0.15) is 0 Å². The van der Waals surface area contributed by atoms with Gasteiger partial charge in [-0.3, -0.25) is 4.79 Å². The Morgan fingerprint density at radius 2 is 1.86 bits per heavy atom. The maximum Gasteiger partial charge on any atom is 0.192 e. The van der Waals surface area contributed by atoms with Crippen molar-refractivity contribution in [3.63, 3.8) is 0 Å². The third-order valence-corrected chi connectivity index (χ3v) is 14.7. The second kappa shape index (κ2) is 7.33. The van der Waals surface area contributed by atoms with E-state index in [4.69, 9.17) is 4.43 Å². The normalized spacial score (nSPS) is 42.7. The molecule has 7 atom stereocenters. The highest BCUT2D eigenvalue weighted by molar-refractivity contribution is 6.74. The van der Waals surface area contributed by atoms with Crippen LogP contribution < -0.4 is 0 Å². The Balaban J connectivity index is 1.54. The van der Waals surface area contributed by atoms with Crippen LogP contribution in [0.15, 0.2) is 11.6 Å². The molecule has 3 saturated carbocycles. The van der Waals surface area contributed by atoms with E-state index in [0.717, 1.165) is 30.6 Å². The summed E-state index contributed by atoms with van der Waals surface area (Å²) in [5.74, 6) is 3.91. The number of carbonyl (C=O) groups excluding carboxylic acids is 1. The Morgan fingerprint density at radius 3 is 2.52 bits per heavy atom. The summed E-state index contributed by atoms with van der Waals surface area (Å²) in [6.45, 7) is 16.7. The molecule has 0 aromatic rings. The molecular formula is C26H44O2Si. The first-order valence-electron chi connectivity index (χ1n) is 12.4. The Bertz CT molecular complexity index is 687. The maximum atomic E-state index is 12.4. The molecule has 0 saturated heterocycles. The summed E-state index contributed by atoms with van der Waals surface area (Å²) in [6.07, 6.45) is 12.5. The van der Waals surface area contributed by atoms with Crippen molar-refractivity contribution in [2.24, 2.45) is 35.0 Å². The Kier molecular flexibility index (Phi) is 5.51. The van der Waals surface area contributed by atoms with Crippen molar-refractivity contribution < 1.29 is 9.22 Å². The van der Waals surface area contributed by atoms with Gasteiger partial charge in [0, 0.05) is 5.92 Å². The van der Waals surface area contributed by atoms with Crippen molar-refractivity contribution in [3.8, 4) is 0 Å². The van der Waals surface area contributed by atoms with Crippen LogP contribution in [0.4, 0.5) is 0 Å². The van der Waals surface area contributed by atoms with E-state index < -0.39 is 8.32 Å². The number of allylic oxidation sites excluding steroid dienone is 1. The summed E-state index contributed by atoms with van der Waals surface area (Å²) in [5.41, 5.74) is 1.88. The maximum absolute atomic E-state index is 12.4. The number of rotatable bonds is 3. The first-order chi connectivity index (χ1) is 13.5. The van der Waals surface area contributed by atoms with Crippen LogP contribution in [0.5, 0.6) is 0 Å². The van der Waals surface area contributed by atoms with E-state index in [2.05, 4.69) is 53.8 Å². The van der Waals surface area contributed by atoms with Gasteiger partial charge < -0.3 is 4.43 Å². The molecule has 0 aliphatic heterocycles. The van der Waals surface area contributed by atoms with Gasteiger partial charge in [-0.25, -0.2) is 0 Å². The third kappa shape index (κ3) is 3.52. The van der Waals surface area contributed by atoms with Gasteiger partial charge >= 0.3 is 0 Å². The molecule has 2 nitrogen and oxygen atoms in total. The molecule has 0 N–H and O–H groups in total. The quantitative estimate of drug-likeness (QED) is 0.456. The van der Waals surface area contributed by atoms with Crippen molar-refractivity contribution in [1.82, 2.24) is 0 Å². The zero-order chi connectivity index (χ0) is 21.2. The van der Waals surface area contributed by atoms with E-state index in [1.165, 1.54) is 44.1 Å². The van der Waals surface area contributed by atoms with Crippen LogP contribution in [0, 0.1) is 35.0 Å². The molecule has 0 spiro atoms. The average Bonchev–Trinajstić information content (AvgIpc) is 2.96. The summed E-state index contributed by atoms with van der Waals surface area (Å²) >= 11 is 0. The van der Waals surface area contributed by atoms with E-state index in [1.54, 1.807) is 0 Å². The van der Waals surface area contributed by atoms with Gasteiger partial charge in [0.25, 0.3) is 0 Å². The molecule has 164 valence electrons. The van der Waals surface area contributed by atoms with Crippen molar-refractivity contribution in [2.45, 2.75) is 110 Å². The van der Waals surface area contributed by atoms with E-state index in [0.29, 0.717) is 23.2 Å². The van der Waals surface area contributed by atoms with Gasteiger partial charge in [0.15, 0.2) is 14.1 Å². The first-order valence-corrected chi connectivity index (χ1v) is 15.3. The van der Waals surface area contributed by atoms with Crippen LogP contribution in [0.2, 0.25) is 18.1 Å². The summed E-state index contributed by atoms with van der Waals surface area (Å²) in [6, 6.07) is 0. The Labute approximate surface area is 180 Å². The molecule has 0 bridgehead atoms. The van der Waals surface area contributed by atoms with E-state index in [9.17, 15) is 4.79 Å². The topological polar surface area (TPSA) is 26.3 Å². The van der Waals surface area contributed by atoms with Crippen LogP contribution in [0.1, 0.15) is 86.0 Å². The van der Waals surface area contributed by atoms with Crippen molar-refractivity contribution in [3.05, 3.63) is 11.6 Å². The molecule has 3 fully saturated rings. The zero-order valence-electron chi connectivity index (χ0n) is 20.0. The molecule has 5 unspecified atom stereocenters. The van der Waals surface area contributed by atoms with Gasteiger partial charge in [-0.05, 0) is 105 Å². The second-order valence-electron chi connectivity index (χ2n) is 12.5. The minimum atomic E-state index is -1.73. The van der Waals surface area contributed by atoms with Crippen LogP contribution >= 0.6 is 0 Å². The molecule has 4 rings (SSSR count). The van der Waals surface area contributed by atoms with Crippen LogP contribution in [0.3, 0.4) is 0 Å².